The molecule has 5 N–H and O–H groups in total. The van der Waals surface area contributed by atoms with E-state index in [9.17, 15) is 24.3 Å². The number of carbonyl (C=O) groups excluding carboxylic acids is 4. The second-order valence-corrected chi connectivity index (χ2v) is 10.4. The molecule has 0 aliphatic heterocycles. The number of nitrogens with one attached hydrogen (secondary N) is 2. The molecule has 0 bridgehead atoms. The molecule has 0 radical (unpaired) electrons. The van der Waals surface area contributed by atoms with E-state index in [4.69, 9.17) is 10.5 Å². The van der Waals surface area contributed by atoms with Gasteiger partial charge in [0.2, 0.25) is 17.7 Å². The van der Waals surface area contributed by atoms with Crippen molar-refractivity contribution in [2.45, 2.75) is 91.0 Å². The van der Waals surface area contributed by atoms with Gasteiger partial charge in [0.25, 0.3) is 0 Å². The van der Waals surface area contributed by atoms with Crippen molar-refractivity contribution in [3.8, 4) is 5.75 Å². The Morgan fingerprint density at radius 2 is 1.69 bits per heavy atom. The monoisotopic (exact) mass is 492 g/mol. The van der Waals surface area contributed by atoms with E-state index in [1.54, 1.807) is 59.7 Å². The number of aromatic hydroxyl groups is 1. The maximum absolute atomic E-state index is 13.9. The van der Waals surface area contributed by atoms with Crippen molar-refractivity contribution < 1.29 is 29.0 Å². The Bertz CT molecular complexity index is 904. The third kappa shape index (κ3) is 9.46. The van der Waals surface area contributed by atoms with Crippen LogP contribution in [0.25, 0.3) is 0 Å². The smallest absolute Gasteiger partial charge is 0.408 e. The summed E-state index contributed by atoms with van der Waals surface area (Å²) in [7, 11) is 0. The minimum Gasteiger partial charge on any atom is -0.508 e. The van der Waals surface area contributed by atoms with Gasteiger partial charge in [-0.05, 0) is 54.0 Å². The predicted octanol–water partition coefficient (Wildman–Crippen LogP) is 2.75. The number of ether oxygens (including phenoxy) is 1. The van der Waals surface area contributed by atoms with E-state index in [-0.39, 0.29) is 11.3 Å². The number of unbranched alkanes of at least 4 members (excludes halogenated alkanes) is 1. The van der Waals surface area contributed by atoms with Crippen LogP contribution >= 0.6 is 0 Å². The van der Waals surface area contributed by atoms with Gasteiger partial charge in [0, 0.05) is 17.6 Å². The minimum atomic E-state index is -1.39. The van der Waals surface area contributed by atoms with Crippen molar-refractivity contribution in [3.63, 3.8) is 0 Å². The normalized spacial score (nSPS) is 13.3. The van der Waals surface area contributed by atoms with Crippen LogP contribution in [0.2, 0.25) is 0 Å². The number of phenols is 1. The third-order valence-electron chi connectivity index (χ3n) is 4.92. The predicted molar refractivity (Wildman–Crippen MR) is 132 cm³/mol. The molecular weight excluding hydrogens is 452 g/mol. The van der Waals surface area contributed by atoms with Gasteiger partial charge in [-0.1, -0.05) is 31.5 Å². The summed E-state index contributed by atoms with van der Waals surface area (Å²) in [4.78, 5) is 52.8. The first-order valence-electron chi connectivity index (χ1n) is 11.7. The molecule has 4 amide bonds. The van der Waals surface area contributed by atoms with Crippen LogP contribution in [0, 0.1) is 0 Å². The summed E-state index contributed by atoms with van der Waals surface area (Å²) in [5, 5.41) is 15.8. The SMILES string of the molecule is CCCCNC(=O)C(c1ccccc1O)N(C(=O)C(CC(N)=O)NC(=O)OC(C)(C)C)C(C)(C)C. The van der Waals surface area contributed by atoms with Crippen molar-refractivity contribution in [1.29, 1.82) is 0 Å². The Balaban J connectivity index is 3.54. The van der Waals surface area contributed by atoms with E-state index in [2.05, 4.69) is 10.6 Å². The molecule has 2 atom stereocenters. The molecule has 0 aliphatic carbocycles. The van der Waals surface area contributed by atoms with E-state index in [0.29, 0.717) is 6.54 Å². The number of hydrogen-bond donors (Lipinski definition) is 4. The number of amides is 4. The maximum atomic E-state index is 13.9. The lowest BCUT2D eigenvalue weighted by atomic mass is 9.94. The van der Waals surface area contributed by atoms with Gasteiger partial charge < -0.3 is 31.1 Å². The van der Waals surface area contributed by atoms with Crippen LogP contribution < -0.4 is 16.4 Å². The number of para-hydroxylation sites is 1. The summed E-state index contributed by atoms with van der Waals surface area (Å²) >= 11 is 0. The highest BCUT2D eigenvalue weighted by Gasteiger charge is 2.43. The molecule has 0 spiro atoms. The molecule has 10 heteroatoms. The molecule has 35 heavy (non-hydrogen) atoms. The van der Waals surface area contributed by atoms with Gasteiger partial charge in [0.05, 0.1) is 6.42 Å². The van der Waals surface area contributed by atoms with Gasteiger partial charge in [-0.15, -0.1) is 0 Å². The van der Waals surface area contributed by atoms with Crippen LogP contribution in [0.1, 0.15) is 79.3 Å². The van der Waals surface area contributed by atoms with Crippen LogP contribution in [0.3, 0.4) is 0 Å². The molecule has 0 fully saturated rings. The Kier molecular flexibility index (Phi) is 10.5. The van der Waals surface area contributed by atoms with Crippen LogP contribution in [-0.2, 0) is 19.1 Å². The van der Waals surface area contributed by atoms with Gasteiger partial charge >= 0.3 is 6.09 Å². The number of nitrogens with two attached hydrogens (primary N) is 1. The zero-order chi connectivity index (χ0) is 27.0. The highest BCUT2D eigenvalue weighted by atomic mass is 16.6. The number of benzene rings is 1. The summed E-state index contributed by atoms with van der Waals surface area (Å²) in [5.74, 6) is -2.21. The average molecular weight is 493 g/mol. The molecule has 1 aromatic rings. The number of carbonyl (C=O) groups is 4. The lowest BCUT2D eigenvalue weighted by Crippen LogP contribution is -2.59. The molecule has 0 aromatic heterocycles. The fraction of sp³-hybridized carbons (Fsp3) is 0.600. The second-order valence-electron chi connectivity index (χ2n) is 10.4. The van der Waals surface area contributed by atoms with Gasteiger partial charge in [-0.2, -0.15) is 0 Å². The summed E-state index contributed by atoms with van der Waals surface area (Å²) in [6, 6.07) is 3.60. The molecule has 1 rings (SSSR count). The van der Waals surface area contributed by atoms with Crippen molar-refractivity contribution in [3.05, 3.63) is 29.8 Å². The number of phenolic OH excluding ortho intramolecular Hbond substituents is 1. The van der Waals surface area contributed by atoms with Gasteiger partial charge in [0.15, 0.2) is 0 Å². The zero-order valence-electron chi connectivity index (χ0n) is 21.8. The van der Waals surface area contributed by atoms with Crippen molar-refractivity contribution in [1.82, 2.24) is 15.5 Å². The molecule has 0 heterocycles. The van der Waals surface area contributed by atoms with E-state index in [1.165, 1.54) is 11.0 Å². The molecule has 2 unspecified atom stereocenters. The molecule has 0 saturated carbocycles. The van der Waals surface area contributed by atoms with E-state index in [1.807, 2.05) is 6.92 Å². The van der Waals surface area contributed by atoms with E-state index >= 15 is 0 Å². The lowest BCUT2D eigenvalue weighted by molar-refractivity contribution is -0.149. The first-order valence-corrected chi connectivity index (χ1v) is 11.7. The topological polar surface area (TPSA) is 151 Å². The van der Waals surface area contributed by atoms with Crippen molar-refractivity contribution >= 4 is 23.8 Å². The zero-order valence-corrected chi connectivity index (χ0v) is 21.8. The summed E-state index contributed by atoms with van der Waals surface area (Å²) in [6.07, 6.45) is 0.171. The highest BCUT2D eigenvalue weighted by molar-refractivity contribution is 5.95. The third-order valence-corrected chi connectivity index (χ3v) is 4.92. The fourth-order valence-corrected chi connectivity index (χ4v) is 3.47. The average Bonchev–Trinajstić information content (AvgIpc) is 2.69. The number of alkyl carbamates (subject to hydrolysis) is 1. The summed E-state index contributed by atoms with van der Waals surface area (Å²) < 4.78 is 5.25. The van der Waals surface area contributed by atoms with Crippen molar-refractivity contribution in [2.75, 3.05) is 6.54 Å². The molecule has 10 nitrogen and oxygen atoms in total. The number of rotatable bonds is 10. The Hall–Kier alpha value is -3.30. The first-order chi connectivity index (χ1) is 16.1. The van der Waals surface area contributed by atoms with Crippen molar-refractivity contribution in [2.24, 2.45) is 5.73 Å². The quantitative estimate of drug-likeness (QED) is 0.369. The first kappa shape index (κ1) is 29.7. The van der Waals surface area contributed by atoms with Gasteiger partial charge in [-0.3, -0.25) is 14.4 Å². The maximum Gasteiger partial charge on any atom is 0.408 e. The number of nitrogens with zero attached hydrogens (tertiary/aromatic N) is 1. The van der Waals surface area contributed by atoms with E-state index in [0.717, 1.165) is 12.8 Å². The summed E-state index contributed by atoms with van der Waals surface area (Å²) in [6.45, 7) is 12.5. The Labute approximate surface area is 207 Å². The highest BCUT2D eigenvalue weighted by Crippen LogP contribution is 2.34. The van der Waals surface area contributed by atoms with E-state index < -0.39 is 53.5 Å². The summed E-state index contributed by atoms with van der Waals surface area (Å²) in [5.41, 5.74) is 3.78. The molecule has 196 valence electrons. The fourth-order valence-electron chi connectivity index (χ4n) is 3.47. The van der Waals surface area contributed by atoms with Gasteiger partial charge in [-0.25, -0.2) is 4.79 Å². The lowest BCUT2D eigenvalue weighted by Gasteiger charge is -2.43. The molecule has 1 aromatic carbocycles. The van der Waals surface area contributed by atoms with Crippen LogP contribution in [0.15, 0.2) is 24.3 Å². The molecule has 0 saturated heterocycles. The second kappa shape index (κ2) is 12.4. The number of primary amides is 1. The molecular formula is C25H40N4O6. The Morgan fingerprint density at radius 3 is 2.17 bits per heavy atom. The van der Waals surface area contributed by atoms with Gasteiger partial charge in [0.1, 0.15) is 23.4 Å². The molecule has 0 aliphatic rings. The minimum absolute atomic E-state index is 0.170. The van der Waals surface area contributed by atoms with Crippen LogP contribution in [0.4, 0.5) is 4.79 Å². The number of hydrogen-bond acceptors (Lipinski definition) is 6. The standard InChI is InChI=1S/C25H40N4O6/c1-8-9-14-27-21(32)20(16-12-10-11-13-18(16)30)29(24(2,3)4)22(33)17(15-19(26)31)28-23(34)35-25(5,6)7/h10-13,17,20,30H,8-9,14-15H2,1-7H3,(H2,26,31)(H,27,32)(H,28,34). The Morgan fingerprint density at radius 1 is 1.09 bits per heavy atom. The largest absolute Gasteiger partial charge is 0.508 e. The van der Waals surface area contributed by atoms with Crippen LogP contribution in [0.5, 0.6) is 5.75 Å². The van der Waals surface area contributed by atoms with Crippen LogP contribution in [-0.4, -0.2) is 57.5 Å².